The first-order chi connectivity index (χ1) is 9.16. The van der Waals surface area contributed by atoms with Gasteiger partial charge in [0.2, 0.25) is 5.91 Å². The molecule has 1 unspecified atom stereocenters. The van der Waals surface area contributed by atoms with E-state index in [0.29, 0.717) is 6.04 Å². The number of carbonyl (C=O) groups is 1. The molecular weight excluding hydrogens is 238 g/mol. The monoisotopic (exact) mass is 259 g/mol. The van der Waals surface area contributed by atoms with Crippen LogP contribution in [0.15, 0.2) is 24.3 Å². The number of hydrogen-bond donors (Lipinski definition) is 1. The minimum absolute atomic E-state index is 0.0164. The van der Waals surface area contributed by atoms with E-state index in [9.17, 15) is 4.79 Å². The van der Waals surface area contributed by atoms with Crippen molar-refractivity contribution in [2.45, 2.75) is 31.3 Å². The van der Waals surface area contributed by atoms with Gasteiger partial charge in [-0.2, -0.15) is 0 Å². The van der Waals surface area contributed by atoms with Crippen molar-refractivity contribution in [3.05, 3.63) is 24.3 Å². The number of amides is 1. The number of hydrogen-bond acceptors (Lipinski definition) is 3. The summed E-state index contributed by atoms with van der Waals surface area (Å²) in [5, 5.41) is 3.45. The highest BCUT2D eigenvalue weighted by Gasteiger charge is 2.36. The van der Waals surface area contributed by atoms with E-state index in [1.54, 1.807) is 0 Å². The van der Waals surface area contributed by atoms with E-state index in [1.807, 2.05) is 37.2 Å². The Bertz CT molecular complexity index is 482. The van der Waals surface area contributed by atoms with Crippen LogP contribution in [0, 0.1) is 0 Å². The molecule has 1 atom stereocenters. The highest BCUT2D eigenvalue weighted by atomic mass is 16.2. The zero-order chi connectivity index (χ0) is 13.4. The molecule has 2 fully saturated rings. The molecule has 1 aliphatic heterocycles. The second-order valence-electron chi connectivity index (χ2n) is 5.66. The lowest BCUT2D eigenvalue weighted by Gasteiger charge is -2.24. The predicted octanol–water partition coefficient (Wildman–Crippen LogP) is 1.61. The summed E-state index contributed by atoms with van der Waals surface area (Å²) < 4.78 is 0. The number of para-hydroxylation sites is 2. The van der Waals surface area contributed by atoms with E-state index >= 15 is 0 Å². The van der Waals surface area contributed by atoms with Crippen LogP contribution < -0.4 is 15.1 Å². The van der Waals surface area contributed by atoms with Crippen LogP contribution in [0.2, 0.25) is 0 Å². The Morgan fingerprint density at radius 3 is 2.63 bits per heavy atom. The summed E-state index contributed by atoms with van der Waals surface area (Å²) in [4.78, 5) is 16.5. The number of anilines is 2. The Hall–Kier alpha value is -1.55. The molecule has 2 aliphatic rings. The first-order valence-electron chi connectivity index (χ1n) is 7.00. The summed E-state index contributed by atoms with van der Waals surface area (Å²) in [6.07, 6.45) is 3.35. The highest BCUT2D eigenvalue weighted by Crippen LogP contribution is 2.32. The van der Waals surface area contributed by atoms with E-state index in [4.69, 9.17) is 0 Å². The molecule has 1 N–H and O–H groups in total. The Morgan fingerprint density at radius 1 is 1.21 bits per heavy atom. The third kappa shape index (κ3) is 2.45. The van der Waals surface area contributed by atoms with Crippen LogP contribution in [0.4, 0.5) is 11.4 Å². The van der Waals surface area contributed by atoms with Gasteiger partial charge in [0.15, 0.2) is 0 Å². The zero-order valence-electron chi connectivity index (χ0n) is 11.6. The fourth-order valence-corrected chi connectivity index (χ4v) is 2.68. The average molecular weight is 259 g/mol. The lowest BCUT2D eigenvalue weighted by Crippen LogP contribution is -2.39. The van der Waals surface area contributed by atoms with Crippen molar-refractivity contribution in [2.24, 2.45) is 0 Å². The van der Waals surface area contributed by atoms with Gasteiger partial charge in [-0.05, 0) is 31.4 Å². The van der Waals surface area contributed by atoms with Crippen LogP contribution in [0.3, 0.4) is 0 Å². The SMILES string of the molecule is CN(C)c1ccccc1N1CCC(NC2CC2)C1=O. The van der Waals surface area contributed by atoms with Gasteiger partial charge >= 0.3 is 0 Å². The van der Waals surface area contributed by atoms with Gasteiger partial charge in [-0.25, -0.2) is 0 Å². The third-order valence-corrected chi connectivity index (χ3v) is 3.87. The van der Waals surface area contributed by atoms with Gasteiger partial charge in [-0.15, -0.1) is 0 Å². The summed E-state index contributed by atoms with van der Waals surface area (Å²) in [6.45, 7) is 0.814. The molecule has 1 saturated carbocycles. The van der Waals surface area contributed by atoms with Gasteiger partial charge in [0.1, 0.15) is 0 Å². The molecule has 4 heteroatoms. The molecular formula is C15H21N3O. The van der Waals surface area contributed by atoms with E-state index in [1.165, 1.54) is 12.8 Å². The van der Waals surface area contributed by atoms with Crippen molar-refractivity contribution in [2.75, 3.05) is 30.4 Å². The maximum absolute atomic E-state index is 12.5. The van der Waals surface area contributed by atoms with Gasteiger partial charge in [-0.3, -0.25) is 4.79 Å². The van der Waals surface area contributed by atoms with Crippen LogP contribution in [-0.4, -0.2) is 38.6 Å². The van der Waals surface area contributed by atoms with Crippen LogP contribution >= 0.6 is 0 Å². The Labute approximate surface area is 114 Å². The largest absolute Gasteiger partial charge is 0.376 e. The zero-order valence-corrected chi connectivity index (χ0v) is 11.6. The Kier molecular flexibility index (Phi) is 3.19. The van der Waals surface area contributed by atoms with Gasteiger partial charge < -0.3 is 15.1 Å². The maximum atomic E-state index is 12.5. The number of carbonyl (C=O) groups excluding carboxylic acids is 1. The van der Waals surface area contributed by atoms with Crippen molar-refractivity contribution in [3.63, 3.8) is 0 Å². The quantitative estimate of drug-likeness (QED) is 0.892. The highest BCUT2D eigenvalue weighted by molar-refractivity contribution is 6.02. The van der Waals surface area contributed by atoms with Crippen molar-refractivity contribution in [1.82, 2.24) is 5.32 Å². The maximum Gasteiger partial charge on any atom is 0.244 e. The fraction of sp³-hybridized carbons (Fsp3) is 0.533. The van der Waals surface area contributed by atoms with Crippen molar-refractivity contribution < 1.29 is 4.79 Å². The minimum Gasteiger partial charge on any atom is -0.376 e. The molecule has 3 rings (SSSR count). The summed E-state index contributed by atoms with van der Waals surface area (Å²) in [7, 11) is 4.03. The summed E-state index contributed by atoms with van der Waals surface area (Å²) in [5.41, 5.74) is 2.13. The first kappa shape index (κ1) is 12.5. The molecule has 0 radical (unpaired) electrons. The Balaban J connectivity index is 1.80. The molecule has 0 spiro atoms. The molecule has 1 aromatic rings. The topological polar surface area (TPSA) is 35.6 Å². The second kappa shape index (κ2) is 4.85. The van der Waals surface area contributed by atoms with Gasteiger partial charge in [0, 0.05) is 26.7 Å². The van der Waals surface area contributed by atoms with E-state index in [2.05, 4.69) is 16.3 Å². The van der Waals surface area contributed by atoms with E-state index in [0.717, 1.165) is 24.3 Å². The second-order valence-corrected chi connectivity index (χ2v) is 5.66. The van der Waals surface area contributed by atoms with Crippen LogP contribution in [-0.2, 0) is 4.79 Å². The molecule has 1 aliphatic carbocycles. The molecule has 4 nitrogen and oxygen atoms in total. The van der Waals surface area contributed by atoms with Gasteiger partial charge in [-0.1, -0.05) is 12.1 Å². The van der Waals surface area contributed by atoms with Crippen molar-refractivity contribution >= 4 is 17.3 Å². The Morgan fingerprint density at radius 2 is 1.95 bits per heavy atom. The molecule has 19 heavy (non-hydrogen) atoms. The predicted molar refractivity (Wildman–Crippen MR) is 77.7 cm³/mol. The average Bonchev–Trinajstić information content (AvgIpc) is 3.14. The van der Waals surface area contributed by atoms with Crippen molar-refractivity contribution in [1.29, 1.82) is 0 Å². The molecule has 102 valence electrons. The molecule has 0 aromatic heterocycles. The van der Waals surface area contributed by atoms with E-state index < -0.39 is 0 Å². The molecule has 0 bridgehead atoms. The number of rotatable bonds is 4. The van der Waals surface area contributed by atoms with Crippen molar-refractivity contribution in [3.8, 4) is 0 Å². The smallest absolute Gasteiger partial charge is 0.244 e. The van der Waals surface area contributed by atoms with Crippen LogP contribution in [0.25, 0.3) is 0 Å². The van der Waals surface area contributed by atoms with Gasteiger partial charge in [0.05, 0.1) is 17.4 Å². The number of nitrogens with zero attached hydrogens (tertiary/aromatic N) is 2. The summed E-state index contributed by atoms with van der Waals surface area (Å²) >= 11 is 0. The molecule has 1 saturated heterocycles. The van der Waals surface area contributed by atoms with Crippen LogP contribution in [0.5, 0.6) is 0 Å². The van der Waals surface area contributed by atoms with Crippen LogP contribution in [0.1, 0.15) is 19.3 Å². The number of benzene rings is 1. The normalized spacial score (nSPS) is 22.9. The summed E-state index contributed by atoms with van der Waals surface area (Å²) in [6, 6.07) is 8.70. The molecule has 1 amide bonds. The lowest BCUT2D eigenvalue weighted by molar-refractivity contribution is -0.118. The van der Waals surface area contributed by atoms with E-state index in [-0.39, 0.29) is 11.9 Å². The third-order valence-electron chi connectivity index (χ3n) is 3.87. The molecule has 1 heterocycles. The fourth-order valence-electron chi connectivity index (χ4n) is 2.68. The molecule has 1 aromatic carbocycles. The minimum atomic E-state index is 0.0164. The first-order valence-corrected chi connectivity index (χ1v) is 7.00. The lowest BCUT2D eigenvalue weighted by atomic mass is 10.2. The summed E-state index contributed by atoms with van der Waals surface area (Å²) in [5.74, 6) is 0.223. The number of nitrogens with one attached hydrogen (secondary N) is 1. The van der Waals surface area contributed by atoms with Gasteiger partial charge in [0.25, 0.3) is 0 Å². The standard InChI is InChI=1S/C15H21N3O/c1-17(2)13-5-3-4-6-14(13)18-10-9-12(15(18)19)16-11-7-8-11/h3-6,11-12,16H,7-10H2,1-2H3.